The fourth-order valence-corrected chi connectivity index (χ4v) is 3.22. The second-order valence-corrected chi connectivity index (χ2v) is 7.64. The van der Waals surface area contributed by atoms with Crippen molar-refractivity contribution in [2.75, 3.05) is 0 Å². The number of nitrogens with zero attached hydrogens (tertiary/aromatic N) is 1. The average Bonchev–Trinajstić information content (AvgIpc) is 2.73. The molecule has 0 heterocycles. The van der Waals surface area contributed by atoms with Crippen LogP contribution in [0.3, 0.4) is 0 Å². The first-order valence-corrected chi connectivity index (χ1v) is 10.7. The van der Waals surface area contributed by atoms with Crippen LogP contribution in [0.25, 0.3) is 5.70 Å². The lowest BCUT2D eigenvalue weighted by Gasteiger charge is -2.15. The number of halogens is 1. The van der Waals surface area contributed by atoms with Crippen LogP contribution in [0.2, 0.25) is 0 Å². The summed E-state index contributed by atoms with van der Waals surface area (Å²) in [5, 5.41) is 7.79. The summed E-state index contributed by atoms with van der Waals surface area (Å²) in [6.45, 7) is 14.7. The quantitative estimate of drug-likeness (QED) is 0.348. The minimum Gasteiger partial charge on any atom is -0.308 e. The number of hydrogen-bond donors (Lipinski definition) is 1. The first-order chi connectivity index (χ1) is 13.9. The van der Waals surface area contributed by atoms with Crippen LogP contribution < -0.4 is 0 Å². The molecular formula is C26H37FN2. The van der Waals surface area contributed by atoms with Crippen molar-refractivity contribution in [3.05, 3.63) is 64.5 Å². The monoisotopic (exact) mass is 396 g/mol. The second-order valence-electron chi connectivity index (χ2n) is 7.64. The van der Waals surface area contributed by atoms with Crippen LogP contribution >= 0.6 is 0 Å². The SMILES string of the molecule is C=C(N=C/C(=C\C)CCCC)c1ccc(F)cc1CC/C(C=N)=C(\C)C(C)CC. The van der Waals surface area contributed by atoms with E-state index in [9.17, 15) is 4.39 Å². The Morgan fingerprint density at radius 1 is 1.28 bits per heavy atom. The molecule has 1 N–H and O–H groups in total. The van der Waals surface area contributed by atoms with Crippen molar-refractivity contribution in [2.45, 2.75) is 73.1 Å². The topological polar surface area (TPSA) is 36.2 Å². The zero-order valence-electron chi connectivity index (χ0n) is 18.8. The van der Waals surface area contributed by atoms with Crippen molar-refractivity contribution in [1.29, 1.82) is 5.41 Å². The van der Waals surface area contributed by atoms with E-state index in [1.54, 1.807) is 12.1 Å². The summed E-state index contributed by atoms with van der Waals surface area (Å²) >= 11 is 0. The average molecular weight is 397 g/mol. The number of benzene rings is 1. The fourth-order valence-electron chi connectivity index (χ4n) is 3.22. The smallest absolute Gasteiger partial charge is 0.123 e. The van der Waals surface area contributed by atoms with Gasteiger partial charge in [-0.25, -0.2) is 4.39 Å². The number of aryl methyl sites for hydroxylation is 1. The number of rotatable bonds is 12. The summed E-state index contributed by atoms with van der Waals surface area (Å²) in [7, 11) is 0. The lowest BCUT2D eigenvalue weighted by atomic mass is 9.91. The Kier molecular flexibility index (Phi) is 11.1. The molecule has 0 saturated heterocycles. The Bertz CT molecular complexity index is 784. The maximum Gasteiger partial charge on any atom is 0.123 e. The molecule has 0 aliphatic rings. The molecule has 0 saturated carbocycles. The first kappa shape index (κ1) is 24.7. The Hall–Kier alpha value is -2.29. The summed E-state index contributed by atoms with van der Waals surface area (Å²) in [5.41, 5.74) is 5.87. The summed E-state index contributed by atoms with van der Waals surface area (Å²) in [6.07, 6.45) is 11.1. The number of allylic oxidation sites excluding steroid dienone is 4. The molecule has 1 unspecified atom stereocenters. The summed E-state index contributed by atoms with van der Waals surface area (Å²) in [6, 6.07) is 4.80. The van der Waals surface area contributed by atoms with Crippen molar-refractivity contribution in [3.63, 3.8) is 0 Å². The highest BCUT2D eigenvalue weighted by molar-refractivity contribution is 5.84. The van der Waals surface area contributed by atoms with Crippen LogP contribution in [0.5, 0.6) is 0 Å². The number of unbranched alkanes of at least 4 members (excludes halogenated alkanes) is 1. The number of aliphatic imine (C=N–C) groups is 1. The van der Waals surface area contributed by atoms with E-state index in [0.717, 1.165) is 42.4 Å². The van der Waals surface area contributed by atoms with E-state index in [1.165, 1.54) is 23.4 Å². The highest BCUT2D eigenvalue weighted by Crippen LogP contribution is 2.25. The predicted octanol–water partition coefficient (Wildman–Crippen LogP) is 7.95. The van der Waals surface area contributed by atoms with Gasteiger partial charge in [0.15, 0.2) is 0 Å². The lowest BCUT2D eigenvalue weighted by Crippen LogP contribution is -2.03. The van der Waals surface area contributed by atoms with E-state index in [0.29, 0.717) is 24.5 Å². The molecule has 0 aliphatic heterocycles. The van der Waals surface area contributed by atoms with Gasteiger partial charge < -0.3 is 5.41 Å². The molecule has 158 valence electrons. The number of nitrogens with one attached hydrogen (secondary N) is 1. The molecule has 0 bridgehead atoms. The van der Waals surface area contributed by atoms with E-state index in [1.807, 2.05) is 13.1 Å². The molecule has 1 rings (SSSR count). The van der Waals surface area contributed by atoms with E-state index < -0.39 is 0 Å². The van der Waals surface area contributed by atoms with E-state index >= 15 is 0 Å². The first-order valence-electron chi connectivity index (χ1n) is 10.7. The Morgan fingerprint density at radius 2 is 2.00 bits per heavy atom. The molecule has 3 heteroatoms. The molecule has 0 spiro atoms. The standard InChI is InChI=1S/C26H37FN2/c1-7-10-11-22(9-3)18-29-21(6)26-15-14-25(27)16-23(26)12-13-24(17-28)20(5)19(4)8-2/h9,14-19,28H,6-8,10-13H2,1-5H3/b22-9-,24-20-,28-17?,29-18?. The normalized spacial score (nSPS) is 14.1. The molecule has 29 heavy (non-hydrogen) atoms. The van der Waals surface area contributed by atoms with E-state index in [2.05, 4.69) is 45.3 Å². The third-order valence-corrected chi connectivity index (χ3v) is 5.65. The third-order valence-electron chi connectivity index (χ3n) is 5.65. The fraction of sp³-hybridized carbons (Fsp3) is 0.462. The molecule has 0 aromatic heterocycles. The van der Waals surface area contributed by atoms with E-state index in [4.69, 9.17) is 5.41 Å². The Balaban J connectivity index is 3.05. The minimum absolute atomic E-state index is 0.253. The van der Waals surface area contributed by atoms with Gasteiger partial charge in [0.05, 0.1) is 5.70 Å². The molecule has 0 amide bonds. The van der Waals surface area contributed by atoms with Gasteiger partial charge in [0.25, 0.3) is 0 Å². The van der Waals surface area contributed by atoms with Crippen molar-refractivity contribution in [3.8, 4) is 0 Å². The summed E-state index contributed by atoms with van der Waals surface area (Å²) in [4.78, 5) is 4.57. The zero-order chi connectivity index (χ0) is 21.8. The zero-order valence-corrected chi connectivity index (χ0v) is 18.8. The van der Waals surface area contributed by atoms with Gasteiger partial charge in [0.2, 0.25) is 0 Å². The van der Waals surface area contributed by atoms with E-state index in [-0.39, 0.29) is 5.82 Å². The van der Waals surface area contributed by atoms with Gasteiger partial charge in [0, 0.05) is 18.0 Å². The Labute approximate surface area is 176 Å². The lowest BCUT2D eigenvalue weighted by molar-refractivity contribution is 0.624. The van der Waals surface area contributed by atoms with Gasteiger partial charge in [0.1, 0.15) is 5.82 Å². The molecule has 1 aromatic carbocycles. The second kappa shape index (κ2) is 13.0. The van der Waals surface area contributed by atoms with Crippen LogP contribution in [0.15, 0.2) is 52.6 Å². The molecule has 1 aromatic rings. The highest BCUT2D eigenvalue weighted by atomic mass is 19.1. The van der Waals surface area contributed by atoms with Crippen LogP contribution in [-0.2, 0) is 6.42 Å². The largest absolute Gasteiger partial charge is 0.308 e. The van der Waals surface area contributed by atoms with Crippen LogP contribution in [0.4, 0.5) is 4.39 Å². The third kappa shape index (κ3) is 7.92. The van der Waals surface area contributed by atoms with Crippen LogP contribution in [0, 0.1) is 17.1 Å². The molecule has 0 radical (unpaired) electrons. The van der Waals surface area contributed by atoms with Gasteiger partial charge in [-0.3, -0.25) is 4.99 Å². The number of hydrogen-bond acceptors (Lipinski definition) is 2. The van der Waals surface area contributed by atoms with Crippen molar-refractivity contribution in [1.82, 2.24) is 0 Å². The molecular weight excluding hydrogens is 359 g/mol. The maximum atomic E-state index is 13.9. The van der Waals surface area contributed by atoms with Gasteiger partial charge >= 0.3 is 0 Å². The Morgan fingerprint density at radius 3 is 2.59 bits per heavy atom. The molecule has 0 fully saturated rings. The van der Waals surface area contributed by atoms with Gasteiger partial charge in [-0.1, -0.05) is 45.4 Å². The maximum absolute atomic E-state index is 13.9. The molecule has 0 aliphatic carbocycles. The van der Waals surface area contributed by atoms with Crippen molar-refractivity contribution in [2.24, 2.45) is 10.9 Å². The van der Waals surface area contributed by atoms with Gasteiger partial charge in [-0.2, -0.15) is 0 Å². The molecule has 1 atom stereocenters. The van der Waals surface area contributed by atoms with Crippen LogP contribution in [-0.4, -0.2) is 12.4 Å². The van der Waals surface area contributed by atoms with Gasteiger partial charge in [-0.05, 0) is 86.8 Å². The van der Waals surface area contributed by atoms with Gasteiger partial charge in [-0.15, -0.1) is 0 Å². The minimum atomic E-state index is -0.253. The van der Waals surface area contributed by atoms with Crippen molar-refractivity contribution >= 4 is 18.1 Å². The molecule has 2 nitrogen and oxygen atoms in total. The summed E-state index contributed by atoms with van der Waals surface area (Å²) < 4.78 is 13.9. The predicted molar refractivity (Wildman–Crippen MR) is 126 cm³/mol. The highest BCUT2D eigenvalue weighted by Gasteiger charge is 2.11. The van der Waals surface area contributed by atoms with Crippen LogP contribution in [0.1, 0.15) is 77.8 Å². The van der Waals surface area contributed by atoms with Crippen molar-refractivity contribution < 1.29 is 4.39 Å². The summed E-state index contributed by atoms with van der Waals surface area (Å²) in [5.74, 6) is 0.192.